The molecule has 1 fully saturated rings. The van der Waals surface area contributed by atoms with Crippen LogP contribution in [0.1, 0.15) is 37.7 Å². The van der Waals surface area contributed by atoms with Crippen LogP contribution in [0.5, 0.6) is 0 Å². The van der Waals surface area contributed by atoms with Gasteiger partial charge >= 0.3 is 0 Å². The Balaban J connectivity index is 2.14. The van der Waals surface area contributed by atoms with E-state index in [1.54, 1.807) is 0 Å². The third-order valence-corrected chi connectivity index (χ3v) is 3.57. The SMILES string of the molecule is N#Cc1cc([N+](=O)[O-])ccc1NC(=O)C1CCCCC1. The fourth-order valence-corrected chi connectivity index (χ4v) is 2.45. The zero-order valence-corrected chi connectivity index (χ0v) is 11.0. The summed E-state index contributed by atoms with van der Waals surface area (Å²) < 4.78 is 0. The second kappa shape index (κ2) is 6.15. The number of nitrogens with zero attached hydrogens (tertiary/aromatic N) is 2. The first kappa shape index (κ1) is 14.0. The maximum absolute atomic E-state index is 12.1. The van der Waals surface area contributed by atoms with Crippen molar-refractivity contribution >= 4 is 17.3 Å². The van der Waals surface area contributed by atoms with Crippen LogP contribution >= 0.6 is 0 Å². The number of non-ortho nitro benzene ring substituents is 1. The van der Waals surface area contributed by atoms with Gasteiger partial charge in [-0.25, -0.2) is 0 Å². The van der Waals surface area contributed by atoms with Crippen molar-refractivity contribution < 1.29 is 9.72 Å². The van der Waals surface area contributed by atoms with Crippen molar-refractivity contribution in [2.45, 2.75) is 32.1 Å². The Morgan fingerprint density at radius 3 is 2.65 bits per heavy atom. The topological polar surface area (TPSA) is 96.0 Å². The van der Waals surface area contributed by atoms with Gasteiger partial charge in [0.2, 0.25) is 5.91 Å². The van der Waals surface area contributed by atoms with Crippen LogP contribution in [0.4, 0.5) is 11.4 Å². The van der Waals surface area contributed by atoms with Crippen molar-refractivity contribution in [1.82, 2.24) is 0 Å². The van der Waals surface area contributed by atoms with Gasteiger partial charge in [-0.3, -0.25) is 14.9 Å². The Labute approximate surface area is 116 Å². The number of rotatable bonds is 3. The Morgan fingerprint density at radius 2 is 2.05 bits per heavy atom. The van der Waals surface area contributed by atoms with Crippen molar-refractivity contribution in [3.05, 3.63) is 33.9 Å². The van der Waals surface area contributed by atoms with Gasteiger partial charge in [-0.2, -0.15) is 5.26 Å². The molecule has 0 aliphatic heterocycles. The summed E-state index contributed by atoms with van der Waals surface area (Å²) in [6, 6.07) is 5.76. The van der Waals surface area contributed by atoms with E-state index in [9.17, 15) is 14.9 Å². The van der Waals surface area contributed by atoms with Crippen molar-refractivity contribution in [2.75, 3.05) is 5.32 Å². The molecule has 1 aromatic carbocycles. The smallest absolute Gasteiger partial charge is 0.270 e. The Hall–Kier alpha value is -2.42. The molecule has 0 radical (unpaired) electrons. The average Bonchev–Trinajstić information content (AvgIpc) is 2.48. The Morgan fingerprint density at radius 1 is 1.35 bits per heavy atom. The van der Waals surface area contributed by atoms with E-state index in [1.165, 1.54) is 18.2 Å². The summed E-state index contributed by atoms with van der Waals surface area (Å²) in [7, 11) is 0. The first-order valence-corrected chi connectivity index (χ1v) is 6.61. The molecule has 0 atom stereocenters. The van der Waals surface area contributed by atoms with E-state index >= 15 is 0 Å². The molecule has 6 nitrogen and oxygen atoms in total. The zero-order chi connectivity index (χ0) is 14.5. The van der Waals surface area contributed by atoms with Crippen LogP contribution in [0, 0.1) is 27.4 Å². The van der Waals surface area contributed by atoms with Gasteiger partial charge in [0, 0.05) is 18.1 Å². The number of carbonyl (C=O) groups is 1. The maximum atomic E-state index is 12.1. The second-order valence-electron chi connectivity index (χ2n) is 4.92. The molecule has 1 aliphatic carbocycles. The Bertz CT molecular complexity index is 572. The molecule has 0 heterocycles. The number of anilines is 1. The van der Waals surface area contributed by atoms with Gasteiger partial charge in [0.05, 0.1) is 16.2 Å². The molecule has 1 saturated carbocycles. The van der Waals surface area contributed by atoms with Crippen LogP contribution < -0.4 is 5.32 Å². The van der Waals surface area contributed by atoms with Crippen LogP contribution in [-0.4, -0.2) is 10.8 Å². The highest BCUT2D eigenvalue weighted by molar-refractivity contribution is 5.94. The fourth-order valence-electron chi connectivity index (χ4n) is 2.45. The zero-order valence-electron chi connectivity index (χ0n) is 11.0. The van der Waals surface area contributed by atoms with E-state index in [2.05, 4.69) is 5.32 Å². The van der Waals surface area contributed by atoms with Gasteiger partial charge in [-0.05, 0) is 18.9 Å². The van der Waals surface area contributed by atoms with Gasteiger partial charge in [0.1, 0.15) is 6.07 Å². The molecule has 0 unspecified atom stereocenters. The third-order valence-electron chi connectivity index (χ3n) is 3.57. The lowest BCUT2D eigenvalue weighted by molar-refractivity contribution is -0.384. The van der Waals surface area contributed by atoms with Gasteiger partial charge < -0.3 is 5.32 Å². The van der Waals surface area contributed by atoms with Crippen LogP contribution in [0.15, 0.2) is 18.2 Å². The summed E-state index contributed by atoms with van der Waals surface area (Å²) in [4.78, 5) is 22.2. The minimum absolute atomic E-state index is 0.0227. The third kappa shape index (κ3) is 3.12. The largest absolute Gasteiger partial charge is 0.325 e. The summed E-state index contributed by atoms with van der Waals surface area (Å²) in [5.41, 5.74) is 0.300. The lowest BCUT2D eigenvalue weighted by Crippen LogP contribution is -2.25. The summed E-state index contributed by atoms with van der Waals surface area (Å²) in [5.74, 6) is -0.125. The predicted octanol–water partition coefficient (Wildman–Crippen LogP) is 2.99. The molecule has 1 aromatic rings. The number of hydrogen-bond acceptors (Lipinski definition) is 4. The van der Waals surface area contributed by atoms with E-state index in [1.807, 2.05) is 6.07 Å². The van der Waals surface area contributed by atoms with E-state index in [-0.39, 0.29) is 23.1 Å². The number of hydrogen-bond donors (Lipinski definition) is 1. The first-order valence-electron chi connectivity index (χ1n) is 6.61. The predicted molar refractivity (Wildman–Crippen MR) is 73.0 cm³/mol. The molecule has 0 aromatic heterocycles. The number of carbonyl (C=O) groups excluding carboxylic acids is 1. The Kier molecular flexibility index (Phi) is 4.31. The van der Waals surface area contributed by atoms with E-state index in [4.69, 9.17) is 5.26 Å². The highest BCUT2D eigenvalue weighted by Crippen LogP contribution is 2.26. The molecule has 1 amide bonds. The minimum atomic E-state index is -0.562. The normalized spacial score (nSPS) is 15.3. The molecular weight excluding hydrogens is 258 g/mol. The number of nitriles is 1. The van der Waals surface area contributed by atoms with E-state index in [0.29, 0.717) is 5.69 Å². The summed E-state index contributed by atoms with van der Waals surface area (Å²) in [6.45, 7) is 0. The number of nitro groups is 1. The minimum Gasteiger partial charge on any atom is -0.325 e. The molecule has 6 heteroatoms. The van der Waals surface area contributed by atoms with Crippen molar-refractivity contribution in [2.24, 2.45) is 5.92 Å². The quantitative estimate of drug-likeness (QED) is 0.676. The van der Waals surface area contributed by atoms with Gasteiger partial charge in [-0.15, -0.1) is 0 Å². The lowest BCUT2D eigenvalue weighted by Gasteiger charge is -2.20. The van der Waals surface area contributed by atoms with Crippen LogP contribution in [0.25, 0.3) is 0 Å². The van der Waals surface area contributed by atoms with Gasteiger partial charge in [0.15, 0.2) is 0 Å². The van der Waals surface area contributed by atoms with Crippen molar-refractivity contribution in [3.8, 4) is 6.07 Å². The summed E-state index contributed by atoms with van der Waals surface area (Å²) >= 11 is 0. The first-order chi connectivity index (χ1) is 9.61. The van der Waals surface area contributed by atoms with Crippen LogP contribution in [0.3, 0.4) is 0 Å². The maximum Gasteiger partial charge on any atom is 0.270 e. The monoisotopic (exact) mass is 273 g/mol. The molecule has 104 valence electrons. The van der Waals surface area contributed by atoms with E-state index < -0.39 is 4.92 Å². The molecule has 2 rings (SSSR count). The second-order valence-corrected chi connectivity index (χ2v) is 4.92. The fraction of sp³-hybridized carbons (Fsp3) is 0.429. The van der Waals surface area contributed by atoms with Gasteiger partial charge in [-0.1, -0.05) is 19.3 Å². The molecule has 0 spiro atoms. The average molecular weight is 273 g/mol. The number of benzene rings is 1. The van der Waals surface area contributed by atoms with Crippen molar-refractivity contribution in [3.63, 3.8) is 0 Å². The molecule has 0 saturated heterocycles. The summed E-state index contributed by atoms with van der Waals surface area (Å²) in [6.07, 6.45) is 4.97. The summed E-state index contributed by atoms with van der Waals surface area (Å²) in [5, 5.41) is 22.4. The molecule has 1 N–H and O–H groups in total. The number of amides is 1. The highest BCUT2D eigenvalue weighted by atomic mass is 16.6. The standard InChI is InChI=1S/C14H15N3O3/c15-9-11-8-12(17(19)20)6-7-13(11)16-14(18)10-4-2-1-3-5-10/h6-8,10H,1-5H2,(H,16,18). The molecule has 1 aliphatic rings. The lowest BCUT2D eigenvalue weighted by atomic mass is 9.88. The number of nitro benzene ring substituents is 1. The van der Waals surface area contributed by atoms with Crippen LogP contribution in [0.2, 0.25) is 0 Å². The number of nitrogens with one attached hydrogen (secondary N) is 1. The van der Waals surface area contributed by atoms with Gasteiger partial charge in [0.25, 0.3) is 5.69 Å². The molecule has 0 bridgehead atoms. The van der Waals surface area contributed by atoms with Crippen LogP contribution in [-0.2, 0) is 4.79 Å². The molecular formula is C14H15N3O3. The van der Waals surface area contributed by atoms with Crippen molar-refractivity contribution in [1.29, 1.82) is 5.26 Å². The van der Waals surface area contributed by atoms with E-state index in [0.717, 1.165) is 32.1 Å². The highest BCUT2D eigenvalue weighted by Gasteiger charge is 2.22. The molecule has 20 heavy (non-hydrogen) atoms.